The maximum Gasteiger partial charge on any atom is 0.191 e. The summed E-state index contributed by atoms with van der Waals surface area (Å²) in [6.45, 7) is 3.91. The molecule has 2 N–H and O–H groups in total. The number of methoxy groups -OCH3 is 1. The summed E-state index contributed by atoms with van der Waals surface area (Å²) in [6.07, 6.45) is 6.34. The fourth-order valence-corrected chi connectivity index (χ4v) is 3.65. The molecule has 160 valence electrons. The Labute approximate surface area is 191 Å². The normalized spacial score (nSPS) is 15.6. The van der Waals surface area contributed by atoms with E-state index in [2.05, 4.69) is 38.7 Å². The van der Waals surface area contributed by atoms with Crippen LogP contribution in [-0.2, 0) is 6.42 Å². The number of guanidine groups is 1. The predicted octanol–water partition coefficient (Wildman–Crippen LogP) is 3.84. The summed E-state index contributed by atoms with van der Waals surface area (Å²) >= 11 is 0. The lowest BCUT2D eigenvalue weighted by Gasteiger charge is -2.26. The summed E-state index contributed by atoms with van der Waals surface area (Å²) in [5.41, 5.74) is 1.32. The van der Waals surface area contributed by atoms with Crippen molar-refractivity contribution in [2.45, 2.75) is 31.7 Å². The van der Waals surface area contributed by atoms with Crippen molar-refractivity contribution in [1.82, 2.24) is 15.5 Å². The zero-order chi connectivity index (χ0) is 19.6. The van der Waals surface area contributed by atoms with Gasteiger partial charge in [-0.15, -0.1) is 24.0 Å². The number of benzene rings is 1. The van der Waals surface area contributed by atoms with E-state index < -0.39 is 0 Å². The third-order valence-corrected chi connectivity index (χ3v) is 5.23. The summed E-state index contributed by atoms with van der Waals surface area (Å²) < 4.78 is 10.9. The summed E-state index contributed by atoms with van der Waals surface area (Å²) in [5.74, 6) is 2.76. The van der Waals surface area contributed by atoms with Crippen LogP contribution in [0.25, 0.3) is 0 Å². The minimum atomic E-state index is 0. The van der Waals surface area contributed by atoms with Crippen LogP contribution in [0.1, 0.15) is 36.6 Å². The molecule has 1 atom stereocenters. The van der Waals surface area contributed by atoms with Gasteiger partial charge in [-0.25, -0.2) is 0 Å². The number of nitrogens with zero attached hydrogens (tertiary/aromatic N) is 2. The lowest BCUT2D eigenvalue weighted by Crippen LogP contribution is -2.42. The number of halogens is 1. The van der Waals surface area contributed by atoms with Gasteiger partial charge in [-0.2, -0.15) is 0 Å². The first-order chi connectivity index (χ1) is 13.8. The number of hydrogen-bond acceptors (Lipinski definition) is 4. The van der Waals surface area contributed by atoms with E-state index in [0.717, 1.165) is 56.5 Å². The second-order valence-corrected chi connectivity index (χ2v) is 7.11. The smallest absolute Gasteiger partial charge is 0.191 e. The summed E-state index contributed by atoms with van der Waals surface area (Å²) in [5, 5.41) is 6.89. The quantitative estimate of drug-likeness (QED) is 0.232. The number of furan rings is 1. The molecule has 1 saturated heterocycles. The van der Waals surface area contributed by atoms with Gasteiger partial charge in [-0.05, 0) is 68.6 Å². The van der Waals surface area contributed by atoms with Crippen molar-refractivity contribution >= 4 is 29.9 Å². The topological polar surface area (TPSA) is 62.0 Å². The van der Waals surface area contributed by atoms with E-state index in [4.69, 9.17) is 9.15 Å². The molecule has 2 aromatic rings. The number of nitrogens with one attached hydrogen (secondary N) is 2. The third kappa shape index (κ3) is 7.22. The fraction of sp³-hybridized carbons (Fsp3) is 0.500. The lowest BCUT2D eigenvalue weighted by molar-refractivity contribution is 0.215. The number of rotatable bonds is 9. The van der Waals surface area contributed by atoms with Crippen molar-refractivity contribution in [2.75, 3.05) is 40.3 Å². The van der Waals surface area contributed by atoms with Crippen LogP contribution >= 0.6 is 24.0 Å². The molecule has 3 rings (SSSR count). The standard InChI is InChI=1S/C22H32N4O2.HI/c1-23-22(24-13-5-7-18-9-11-19(27-2)12-10-18)25-17-20(21-8-6-16-28-21)26-14-3-4-15-26;/h6,8-12,16,20H,3-5,7,13-15,17H2,1-2H3,(H2,23,24,25);1H. The highest BCUT2D eigenvalue weighted by Crippen LogP contribution is 2.24. The molecule has 6 nitrogen and oxygen atoms in total. The Balaban J connectivity index is 0.00000300. The maximum absolute atomic E-state index is 5.69. The second kappa shape index (κ2) is 12.7. The van der Waals surface area contributed by atoms with Crippen LogP contribution in [0.15, 0.2) is 52.1 Å². The van der Waals surface area contributed by atoms with Gasteiger partial charge in [-0.3, -0.25) is 9.89 Å². The van der Waals surface area contributed by atoms with Gasteiger partial charge in [0.2, 0.25) is 0 Å². The first-order valence-corrected chi connectivity index (χ1v) is 10.1. The van der Waals surface area contributed by atoms with Crippen molar-refractivity contribution < 1.29 is 9.15 Å². The molecule has 0 radical (unpaired) electrons. The van der Waals surface area contributed by atoms with Crippen molar-refractivity contribution in [3.05, 3.63) is 54.0 Å². The van der Waals surface area contributed by atoms with Gasteiger partial charge in [0.1, 0.15) is 11.5 Å². The Bertz CT molecular complexity index is 713. The van der Waals surface area contributed by atoms with E-state index in [-0.39, 0.29) is 30.0 Å². The molecule has 1 aromatic heterocycles. The zero-order valence-electron chi connectivity index (χ0n) is 17.4. The molecule has 1 aliphatic heterocycles. The van der Waals surface area contributed by atoms with Crippen LogP contribution in [0.5, 0.6) is 5.75 Å². The van der Waals surface area contributed by atoms with Crippen LogP contribution in [0.4, 0.5) is 0 Å². The SMILES string of the molecule is CN=C(NCCCc1ccc(OC)cc1)NCC(c1ccco1)N1CCCC1.I. The van der Waals surface area contributed by atoms with E-state index in [1.54, 1.807) is 13.4 Å². The second-order valence-electron chi connectivity index (χ2n) is 7.11. The van der Waals surface area contributed by atoms with Gasteiger partial charge in [0.05, 0.1) is 19.4 Å². The van der Waals surface area contributed by atoms with Crippen molar-refractivity contribution in [3.63, 3.8) is 0 Å². The summed E-state index contributed by atoms with van der Waals surface area (Å²) in [6, 6.07) is 12.5. The molecule has 29 heavy (non-hydrogen) atoms. The average molecular weight is 512 g/mol. The molecule has 1 fully saturated rings. The van der Waals surface area contributed by atoms with E-state index >= 15 is 0 Å². The van der Waals surface area contributed by atoms with Crippen LogP contribution in [0.2, 0.25) is 0 Å². The monoisotopic (exact) mass is 512 g/mol. The van der Waals surface area contributed by atoms with Gasteiger partial charge in [-0.1, -0.05) is 12.1 Å². The average Bonchev–Trinajstić information content (AvgIpc) is 3.45. The highest BCUT2D eigenvalue weighted by molar-refractivity contribution is 14.0. The van der Waals surface area contributed by atoms with Crippen LogP contribution in [-0.4, -0.2) is 51.2 Å². The van der Waals surface area contributed by atoms with Crippen LogP contribution < -0.4 is 15.4 Å². The molecule has 1 unspecified atom stereocenters. The lowest BCUT2D eigenvalue weighted by atomic mass is 10.1. The number of aryl methyl sites for hydroxylation is 1. The van der Waals surface area contributed by atoms with E-state index in [1.165, 1.54) is 18.4 Å². The van der Waals surface area contributed by atoms with E-state index in [1.807, 2.05) is 25.2 Å². The third-order valence-electron chi connectivity index (χ3n) is 5.23. The fourth-order valence-electron chi connectivity index (χ4n) is 3.65. The molecule has 1 aromatic carbocycles. The van der Waals surface area contributed by atoms with Gasteiger partial charge >= 0.3 is 0 Å². The van der Waals surface area contributed by atoms with Gasteiger partial charge in [0.25, 0.3) is 0 Å². The number of ether oxygens (including phenoxy) is 1. The van der Waals surface area contributed by atoms with Crippen molar-refractivity contribution in [1.29, 1.82) is 0 Å². The number of likely N-dealkylation sites (tertiary alicyclic amines) is 1. The number of hydrogen-bond donors (Lipinski definition) is 2. The van der Waals surface area contributed by atoms with Crippen molar-refractivity contribution in [3.8, 4) is 5.75 Å². The molecule has 0 aliphatic carbocycles. The molecular formula is C22H33IN4O2. The van der Waals surface area contributed by atoms with Crippen LogP contribution in [0.3, 0.4) is 0 Å². The zero-order valence-corrected chi connectivity index (χ0v) is 19.7. The molecule has 0 spiro atoms. The van der Waals surface area contributed by atoms with Crippen molar-refractivity contribution in [2.24, 2.45) is 4.99 Å². The van der Waals surface area contributed by atoms with Gasteiger partial charge in [0, 0.05) is 20.1 Å². The summed E-state index contributed by atoms with van der Waals surface area (Å²) in [4.78, 5) is 6.85. The van der Waals surface area contributed by atoms with E-state index in [0.29, 0.717) is 0 Å². The Kier molecular flexibility index (Phi) is 10.3. The van der Waals surface area contributed by atoms with Gasteiger partial charge < -0.3 is 19.8 Å². The molecule has 0 bridgehead atoms. The maximum atomic E-state index is 5.69. The first kappa shape index (κ1) is 23.5. The van der Waals surface area contributed by atoms with Crippen LogP contribution in [0, 0.1) is 0 Å². The molecule has 7 heteroatoms. The largest absolute Gasteiger partial charge is 0.497 e. The highest BCUT2D eigenvalue weighted by atomic mass is 127. The minimum absolute atomic E-state index is 0. The molecule has 0 saturated carbocycles. The number of aliphatic imine (C=N–C) groups is 1. The molecule has 2 heterocycles. The minimum Gasteiger partial charge on any atom is -0.497 e. The predicted molar refractivity (Wildman–Crippen MR) is 128 cm³/mol. The van der Waals surface area contributed by atoms with E-state index in [9.17, 15) is 0 Å². The summed E-state index contributed by atoms with van der Waals surface area (Å²) in [7, 11) is 3.51. The Morgan fingerprint density at radius 2 is 1.93 bits per heavy atom. The highest BCUT2D eigenvalue weighted by Gasteiger charge is 2.25. The molecular weight excluding hydrogens is 479 g/mol. The Morgan fingerprint density at radius 3 is 2.55 bits per heavy atom. The first-order valence-electron chi connectivity index (χ1n) is 10.1. The molecule has 0 amide bonds. The van der Waals surface area contributed by atoms with Gasteiger partial charge in [0.15, 0.2) is 5.96 Å². The Morgan fingerprint density at radius 1 is 1.17 bits per heavy atom. The molecule has 1 aliphatic rings. The Hall–Kier alpha value is -1.74.